The molecule has 3 aromatic rings. The molecule has 0 unspecified atom stereocenters. The molecule has 1 heterocycles. The Kier molecular flexibility index (Phi) is 3.89. The molecule has 0 bridgehead atoms. The van der Waals surface area contributed by atoms with Crippen molar-refractivity contribution in [1.82, 2.24) is 10.2 Å². The third-order valence-corrected chi connectivity index (χ3v) is 3.42. The maximum atomic E-state index is 12.0. The number of carbonyl (C=O) groups excluding carboxylic acids is 2. The zero-order chi connectivity index (χ0) is 15.5. The van der Waals surface area contributed by atoms with Crippen LogP contribution in [0.5, 0.6) is 0 Å². The van der Waals surface area contributed by atoms with E-state index in [9.17, 15) is 9.59 Å². The molecule has 0 atom stereocenters. The molecular weight excluding hydrogens is 304 g/mol. The minimum absolute atomic E-state index is 0.166. The van der Waals surface area contributed by atoms with Gasteiger partial charge in [0.1, 0.15) is 0 Å². The number of esters is 1. The lowest BCUT2D eigenvalue weighted by Gasteiger charge is -2.03. The molecule has 0 saturated heterocycles. The van der Waals surface area contributed by atoms with Crippen LogP contribution in [0.2, 0.25) is 5.02 Å². The highest BCUT2D eigenvalue weighted by molar-refractivity contribution is 6.30. The van der Waals surface area contributed by atoms with Gasteiger partial charge in [0.15, 0.2) is 18.1 Å². The van der Waals surface area contributed by atoms with Gasteiger partial charge in [-0.15, -0.1) is 0 Å². The van der Waals surface area contributed by atoms with E-state index in [2.05, 4.69) is 10.2 Å². The molecule has 0 aliphatic rings. The molecule has 0 radical (unpaired) electrons. The summed E-state index contributed by atoms with van der Waals surface area (Å²) in [6.45, 7) is -0.346. The predicted molar refractivity (Wildman–Crippen MR) is 82.2 cm³/mol. The van der Waals surface area contributed by atoms with E-state index in [0.29, 0.717) is 16.0 Å². The van der Waals surface area contributed by atoms with Gasteiger partial charge in [0.2, 0.25) is 0 Å². The van der Waals surface area contributed by atoms with Crippen molar-refractivity contribution >= 4 is 34.3 Å². The first kappa shape index (κ1) is 14.3. The van der Waals surface area contributed by atoms with Crippen molar-refractivity contribution in [2.45, 2.75) is 0 Å². The quantitative estimate of drug-likeness (QED) is 0.592. The van der Waals surface area contributed by atoms with Gasteiger partial charge in [-0.3, -0.25) is 9.89 Å². The molecule has 6 heteroatoms. The molecule has 1 aromatic heterocycles. The number of ketones is 1. The van der Waals surface area contributed by atoms with E-state index < -0.39 is 5.97 Å². The van der Waals surface area contributed by atoms with Crippen LogP contribution in [-0.4, -0.2) is 28.6 Å². The Labute approximate surface area is 130 Å². The highest BCUT2D eigenvalue weighted by Gasteiger charge is 2.17. The maximum absolute atomic E-state index is 12.0. The number of H-pyrrole nitrogens is 1. The summed E-state index contributed by atoms with van der Waals surface area (Å²) in [4.78, 5) is 24.0. The summed E-state index contributed by atoms with van der Waals surface area (Å²) in [6, 6.07) is 13.6. The van der Waals surface area contributed by atoms with E-state index in [1.807, 2.05) is 6.07 Å². The lowest BCUT2D eigenvalue weighted by Crippen LogP contribution is -2.14. The summed E-state index contributed by atoms with van der Waals surface area (Å²) in [5.41, 5.74) is 1.34. The molecule has 5 nitrogen and oxygen atoms in total. The van der Waals surface area contributed by atoms with Crippen LogP contribution in [0, 0.1) is 0 Å². The van der Waals surface area contributed by atoms with Gasteiger partial charge in [0, 0.05) is 16.0 Å². The molecule has 22 heavy (non-hydrogen) atoms. The van der Waals surface area contributed by atoms with Crippen LogP contribution in [0.4, 0.5) is 0 Å². The van der Waals surface area contributed by atoms with Crippen molar-refractivity contribution < 1.29 is 14.3 Å². The Balaban J connectivity index is 1.70. The standard InChI is InChI=1S/C16H11ClN2O3/c17-11-7-5-10(6-8-11)14(20)9-22-16(21)15-12-3-1-2-4-13(12)18-19-15/h1-8H,9H2,(H,18,19). The third-order valence-electron chi connectivity index (χ3n) is 3.16. The van der Waals surface area contributed by atoms with Gasteiger partial charge in [-0.25, -0.2) is 4.79 Å². The number of hydrogen-bond donors (Lipinski definition) is 1. The van der Waals surface area contributed by atoms with Gasteiger partial charge < -0.3 is 4.74 Å². The van der Waals surface area contributed by atoms with Crippen LogP contribution in [-0.2, 0) is 4.74 Å². The van der Waals surface area contributed by atoms with Gasteiger partial charge in [-0.05, 0) is 30.3 Å². The molecule has 0 aliphatic heterocycles. The number of carbonyl (C=O) groups is 2. The molecule has 3 rings (SSSR count). The second-order valence-electron chi connectivity index (χ2n) is 4.62. The van der Waals surface area contributed by atoms with Crippen molar-refractivity contribution in [3.8, 4) is 0 Å². The second-order valence-corrected chi connectivity index (χ2v) is 5.06. The number of halogens is 1. The molecule has 0 amide bonds. The summed E-state index contributed by atoms with van der Waals surface area (Å²) < 4.78 is 5.04. The number of rotatable bonds is 4. The minimum atomic E-state index is -0.639. The first-order chi connectivity index (χ1) is 10.6. The lowest BCUT2D eigenvalue weighted by molar-refractivity contribution is 0.0471. The molecule has 0 fully saturated rings. The smallest absolute Gasteiger partial charge is 0.359 e. The molecule has 1 N–H and O–H groups in total. The number of fused-ring (bicyclic) bond motifs is 1. The van der Waals surface area contributed by atoms with Crippen molar-refractivity contribution in [2.24, 2.45) is 0 Å². The number of hydrogen-bond acceptors (Lipinski definition) is 4. The van der Waals surface area contributed by atoms with Crippen LogP contribution in [0.3, 0.4) is 0 Å². The van der Waals surface area contributed by atoms with Gasteiger partial charge in [-0.2, -0.15) is 5.10 Å². The van der Waals surface area contributed by atoms with E-state index in [1.165, 1.54) is 0 Å². The number of ether oxygens (including phenoxy) is 1. The number of para-hydroxylation sites is 1. The molecule has 0 saturated carbocycles. The topological polar surface area (TPSA) is 72.1 Å². The first-order valence-electron chi connectivity index (χ1n) is 6.54. The third kappa shape index (κ3) is 2.84. The largest absolute Gasteiger partial charge is 0.452 e. The van der Waals surface area contributed by atoms with Crippen LogP contribution in [0.1, 0.15) is 20.8 Å². The summed E-state index contributed by atoms with van der Waals surface area (Å²) in [7, 11) is 0. The number of aromatic nitrogens is 2. The average molecular weight is 315 g/mol. The van der Waals surface area contributed by atoms with Gasteiger partial charge >= 0.3 is 5.97 Å². The number of Topliss-reactive ketones (excluding diaryl/α,β-unsaturated/α-hetero) is 1. The van der Waals surface area contributed by atoms with Crippen molar-refractivity contribution in [2.75, 3.05) is 6.61 Å². The highest BCUT2D eigenvalue weighted by Crippen LogP contribution is 2.16. The minimum Gasteiger partial charge on any atom is -0.452 e. The zero-order valence-electron chi connectivity index (χ0n) is 11.4. The van der Waals surface area contributed by atoms with Gasteiger partial charge in [-0.1, -0.05) is 29.8 Å². The second kappa shape index (κ2) is 5.99. The van der Waals surface area contributed by atoms with Crippen LogP contribution in [0.25, 0.3) is 10.9 Å². The number of benzene rings is 2. The van der Waals surface area contributed by atoms with Gasteiger partial charge in [0.25, 0.3) is 0 Å². The zero-order valence-corrected chi connectivity index (χ0v) is 12.1. The van der Waals surface area contributed by atoms with Crippen LogP contribution >= 0.6 is 11.6 Å². The fourth-order valence-corrected chi connectivity index (χ4v) is 2.16. The Morgan fingerprint density at radius 1 is 1.09 bits per heavy atom. The van der Waals surface area contributed by atoms with Crippen LogP contribution in [0.15, 0.2) is 48.5 Å². The SMILES string of the molecule is O=C(COC(=O)c1n[nH]c2ccccc12)c1ccc(Cl)cc1. The Morgan fingerprint density at radius 3 is 2.59 bits per heavy atom. The fourth-order valence-electron chi connectivity index (χ4n) is 2.04. The molecule has 0 spiro atoms. The number of nitrogens with one attached hydrogen (secondary N) is 1. The van der Waals surface area contributed by atoms with E-state index >= 15 is 0 Å². The molecular formula is C16H11ClN2O3. The summed E-state index contributed by atoms with van der Waals surface area (Å²) >= 11 is 5.76. The Hall–Kier alpha value is -2.66. The lowest BCUT2D eigenvalue weighted by atomic mass is 10.1. The normalized spacial score (nSPS) is 10.6. The summed E-state index contributed by atoms with van der Waals surface area (Å²) in [5.74, 6) is -0.940. The monoisotopic (exact) mass is 314 g/mol. The van der Waals surface area contributed by atoms with Gasteiger partial charge in [0.05, 0.1) is 5.52 Å². The van der Waals surface area contributed by atoms with E-state index in [4.69, 9.17) is 16.3 Å². The molecule has 0 aliphatic carbocycles. The fraction of sp³-hybridized carbons (Fsp3) is 0.0625. The van der Waals surface area contributed by atoms with E-state index in [0.717, 1.165) is 5.52 Å². The summed E-state index contributed by atoms with van der Waals surface area (Å²) in [6.07, 6.45) is 0. The number of nitrogens with zero attached hydrogens (tertiary/aromatic N) is 1. The highest BCUT2D eigenvalue weighted by atomic mass is 35.5. The molecule has 110 valence electrons. The maximum Gasteiger partial charge on any atom is 0.359 e. The van der Waals surface area contributed by atoms with E-state index in [-0.39, 0.29) is 18.1 Å². The van der Waals surface area contributed by atoms with E-state index in [1.54, 1.807) is 42.5 Å². The summed E-state index contributed by atoms with van der Waals surface area (Å²) in [5, 5.41) is 7.87. The van der Waals surface area contributed by atoms with Crippen LogP contribution < -0.4 is 0 Å². The predicted octanol–water partition coefficient (Wildman–Crippen LogP) is 3.26. The first-order valence-corrected chi connectivity index (χ1v) is 6.92. The average Bonchev–Trinajstić information content (AvgIpc) is 2.97. The van der Waals surface area contributed by atoms with Crippen molar-refractivity contribution in [3.05, 3.63) is 64.8 Å². The number of aromatic amines is 1. The van der Waals surface area contributed by atoms with Crippen molar-refractivity contribution in [1.29, 1.82) is 0 Å². The Morgan fingerprint density at radius 2 is 1.82 bits per heavy atom. The molecule has 2 aromatic carbocycles. The van der Waals surface area contributed by atoms with Crippen molar-refractivity contribution in [3.63, 3.8) is 0 Å². The Bertz CT molecular complexity index is 840.